The summed E-state index contributed by atoms with van der Waals surface area (Å²) in [5.41, 5.74) is 0.238. The fraction of sp³-hybridized carbons (Fsp3) is 0.524. The largest absolute Gasteiger partial charge is 0.481 e. The smallest absolute Gasteiger partial charge is 0.364 e. The fourth-order valence-corrected chi connectivity index (χ4v) is 3.54. The number of aliphatic carboxylic acids is 2. The first-order valence-corrected chi connectivity index (χ1v) is 10.7. The van der Waals surface area contributed by atoms with Gasteiger partial charge in [0, 0.05) is 30.4 Å². The van der Waals surface area contributed by atoms with E-state index in [4.69, 9.17) is 26.2 Å². The number of rotatable bonds is 11. The van der Waals surface area contributed by atoms with E-state index in [-0.39, 0.29) is 18.6 Å². The Morgan fingerprint density at radius 3 is 2.36 bits per heavy atom. The Balaban J connectivity index is 2.15. The summed E-state index contributed by atoms with van der Waals surface area (Å²) in [7, 11) is 0. The third kappa shape index (κ3) is 7.67. The van der Waals surface area contributed by atoms with E-state index in [1.165, 1.54) is 31.2 Å². The normalized spacial score (nSPS) is 24.6. The molecule has 11 nitrogen and oxygen atoms in total. The van der Waals surface area contributed by atoms with Crippen molar-refractivity contribution in [1.29, 1.82) is 0 Å². The Bertz CT molecular complexity index is 864. The van der Waals surface area contributed by atoms with Crippen LogP contribution in [0.5, 0.6) is 0 Å². The van der Waals surface area contributed by atoms with Gasteiger partial charge in [-0.15, -0.1) is 0 Å². The second kappa shape index (κ2) is 11.9. The standard InChI is InChI=1S/C21H27ClN2O9/c1-12(25)23-17-15(24-18(28)13-6-8-14(22)9-7-13)11-21(20(30)31,33-19(17)29)32-10-4-2-3-5-16(26)27/h6-9,15,17,19,29H,2-5,10-11H2,1H3,(H,23,25)(H,24,28)(H,26,27)(H,30,31)/t15-,17+,19+,21+/m0/s1. The van der Waals surface area contributed by atoms with Crippen LogP contribution in [0.25, 0.3) is 0 Å². The van der Waals surface area contributed by atoms with Gasteiger partial charge in [-0.3, -0.25) is 14.4 Å². The van der Waals surface area contributed by atoms with Gasteiger partial charge in [0.1, 0.15) is 6.04 Å². The third-order valence-electron chi connectivity index (χ3n) is 5.03. The number of amides is 2. The van der Waals surface area contributed by atoms with E-state index in [9.17, 15) is 29.4 Å². The Hall–Kier alpha value is -2.73. The molecular weight excluding hydrogens is 460 g/mol. The molecule has 1 fully saturated rings. The average molecular weight is 487 g/mol. The molecule has 1 aliphatic rings. The van der Waals surface area contributed by atoms with Gasteiger partial charge in [-0.2, -0.15) is 0 Å². The lowest BCUT2D eigenvalue weighted by Gasteiger charge is -2.44. The monoisotopic (exact) mass is 486 g/mol. The highest BCUT2D eigenvalue weighted by atomic mass is 35.5. The SMILES string of the molecule is CC(=O)N[C@@H]1[C@@H](NC(=O)c2ccc(Cl)cc2)C[C@](OCCCCCC(=O)O)(C(=O)O)O[C@H]1O. The molecule has 1 saturated heterocycles. The van der Waals surface area contributed by atoms with Crippen LogP contribution in [0.15, 0.2) is 24.3 Å². The van der Waals surface area contributed by atoms with E-state index in [2.05, 4.69) is 10.6 Å². The molecule has 2 rings (SSSR count). The van der Waals surface area contributed by atoms with E-state index in [0.717, 1.165) is 0 Å². The second-order valence-corrected chi connectivity index (χ2v) is 8.07. The van der Waals surface area contributed by atoms with Crippen LogP contribution in [0.1, 0.15) is 49.4 Å². The zero-order valence-corrected chi connectivity index (χ0v) is 18.7. The minimum absolute atomic E-state index is 0.0174. The van der Waals surface area contributed by atoms with Crippen LogP contribution in [0.3, 0.4) is 0 Å². The number of unbranched alkanes of at least 4 members (excludes halogenated alkanes) is 2. The fourth-order valence-electron chi connectivity index (χ4n) is 3.42. The molecular formula is C21H27ClN2O9. The van der Waals surface area contributed by atoms with Crippen LogP contribution in [0.2, 0.25) is 5.02 Å². The summed E-state index contributed by atoms with van der Waals surface area (Å²) < 4.78 is 10.8. The van der Waals surface area contributed by atoms with Gasteiger partial charge in [-0.05, 0) is 37.1 Å². The summed E-state index contributed by atoms with van der Waals surface area (Å²) in [5.74, 6) is -5.82. The average Bonchev–Trinajstić information content (AvgIpc) is 2.73. The molecule has 2 amide bonds. The Morgan fingerprint density at radius 2 is 1.79 bits per heavy atom. The molecule has 5 N–H and O–H groups in total. The summed E-state index contributed by atoms with van der Waals surface area (Å²) in [4.78, 5) is 46.9. The van der Waals surface area contributed by atoms with Gasteiger partial charge in [0.15, 0.2) is 6.29 Å². The summed E-state index contributed by atoms with van der Waals surface area (Å²) in [6.07, 6.45) is -0.975. The molecule has 0 bridgehead atoms. The summed E-state index contributed by atoms with van der Waals surface area (Å²) in [5, 5.41) is 34.5. The molecule has 0 spiro atoms. The van der Waals surface area contributed by atoms with E-state index >= 15 is 0 Å². The van der Waals surface area contributed by atoms with Crippen LogP contribution >= 0.6 is 11.6 Å². The highest BCUT2D eigenvalue weighted by Gasteiger charge is 2.53. The topological polar surface area (TPSA) is 171 Å². The van der Waals surface area contributed by atoms with Crippen molar-refractivity contribution < 1.29 is 44.0 Å². The van der Waals surface area contributed by atoms with Crippen molar-refractivity contribution in [3.05, 3.63) is 34.9 Å². The van der Waals surface area contributed by atoms with Crippen LogP contribution in [0.4, 0.5) is 0 Å². The molecule has 0 unspecified atom stereocenters. The molecule has 0 saturated carbocycles. The highest BCUT2D eigenvalue weighted by Crippen LogP contribution is 2.31. The molecule has 1 aromatic rings. The molecule has 1 aliphatic heterocycles. The molecule has 0 aromatic heterocycles. The number of carboxylic acids is 2. The summed E-state index contributed by atoms with van der Waals surface area (Å²) in [6, 6.07) is 3.78. The zero-order chi connectivity index (χ0) is 24.6. The maximum atomic E-state index is 12.7. The number of carbonyl (C=O) groups is 4. The van der Waals surface area contributed by atoms with Gasteiger partial charge in [-0.1, -0.05) is 18.0 Å². The number of hydrogen-bond donors (Lipinski definition) is 5. The van der Waals surface area contributed by atoms with Crippen molar-refractivity contribution in [2.75, 3.05) is 6.61 Å². The van der Waals surface area contributed by atoms with Crippen molar-refractivity contribution in [2.24, 2.45) is 0 Å². The summed E-state index contributed by atoms with van der Waals surface area (Å²) in [6.45, 7) is 1.12. The molecule has 1 aromatic carbocycles. The van der Waals surface area contributed by atoms with Gasteiger partial charge in [0.2, 0.25) is 5.91 Å². The highest BCUT2D eigenvalue weighted by molar-refractivity contribution is 6.30. The minimum atomic E-state index is -2.28. The molecule has 1 heterocycles. The van der Waals surface area contributed by atoms with Crippen molar-refractivity contribution in [2.45, 2.75) is 63.2 Å². The number of hydrogen-bond acceptors (Lipinski definition) is 7. The predicted octanol–water partition coefficient (Wildman–Crippen LogP) is 1.12. The van der Waals surface area contributed by atoms with Gasteiger partial charge < -0.3 is 35.4 Å². The summed E-state index contributed by atoms with van der Waals surface area (Å²) >= 11 is 5.84. The predicted molar refractivity (Wildman–Crippen MR) is 114 cm³/mol. The molecule has 4 atom stereocenters. The molecule has 12 heteroatoms. The van der Waals surface area contributed by atoms with E-state index in [1.807, 2.05) is 0 Å². The maximum absolute atomic E-state index is 12.7. The number of ether oxygens (including phenoxy) is 2. The van der Waals surface area contributed by atoms with Gasteiger partial charge in [-0.25, -0.2) is 4.79 Å². The Kier molecular flexibility index (Phi) is 9.59. The molecule has 33 heavy (non-hydrogen) atoms. The van der Waals surface area contributed by atoms with Gasteiger partial charge in [0.05, 0.1) is 12.6 Å². The van der Waals surface area contributed by atoms with E-state index in [1.54, 1.807) is 0 Å². The van der Waals surface area contributed by atoms with Crippen molar-refractivity contribution in [3.63, 3.8) is 0 Å². The minimum Gasteiger partial charge on any atom is -0.481 e. The van der Waals surface area contributed by atoms with Crippen molar-refractivity contribution in [3.8, 4) is 0 Å². The van der Waals surface area contributed by atoms with E-state index < -0.39 is 54.3 Å². The number of carboxylic acid groups (broad SMARTS) is 2. The molecule has 182 valence electrons. The van der Waals surface area contributed by atoms with Crippen LogP contribution < -0.4 is 10.6 Å². The number of nitrogens with one attached hydrogen (secondary N) is 2. The third-order valence-corrected chi connectivity index (χ3v) is 5.28. The number of halogens is 1. The first-order chi connectivity index (χ1) is 15.5. The van der Waals surface area contributed by atoms with Crippen LogP contribution in [0, 0.1) is 0 Å². The van der Waals surface area contributed by atoms with Crippen molar-refractivity contribution in [1.82, 2.24) is 10.6 Å². The Morgan fingerprint density at radius 1 is 1.12 bits per heavy atom. The molecule has 0 aliphatic carbocycles. The lowest BCUT2D eigenvalue weighted by atomic mass is 9.93. The van der Waals surface area contributed by atoms with E-state index in [0.29, 0.717) is 24.3 Å². The Labute approximate surface area is 195 Å². The molecule has 0 radical (unpaired) electrons. The number of aliphatic hydroxyl groups is 1. The first-order valence-electron chi connectivity index (χ1n) is 10.3. The maximum Gasteiger partial charge on any atom is 0.364 e. The van der Waals surface area contributed by atoms with Gasteiger partial charge >= 0.3 is 11.9 Å². The zero-order valence-electron chi connectivity index (χ0n) is 18.0. The second-order valence-electron chi connectivity index (χ2n) is 7.64. The van der Waals surface area contributed by atoms with Crippen LogP contribution in [-0.2, 0) is 23.9 Å². The lowest BCUT2D eigenvalue weighted by Crippen LogP contribution is -2.67. The number of benzene rings is 1. The van der Waals surface area contributed by atoms with Gasteiger partial charge in [0.25, 0.3) is 11.7 Å². The number of carbonyl (C=O) groups excluding carboxylic acids is 2. The van der Waals surface area contributed by atoms with Crippen molar-refractivity contribution >= 4 is 35.4 Å². The lowest BCUT2D eigenvalue weighted by molar-refractivity contribution is -0.322. The van der Waals surface area contributed by atoms with Crippen LogP contribution in [-0.4, -0.2) is 69.8 Å². The first kappa shape index (κ1) is 26.5. The quantitative estimate of drug-likeness (QED) is 0.287. The number of aliphatic hydroxyl groups excluding tert-OH is 1.